The number of anilines is 3. The van der Waals surface area contributed by atoms with E-state index in [1.807, 2.05) is 18.2 Å². The number of amides is 1. The van der Waals surface area contributed by atoms with Gasteiger partial charge in [0.2, 0.25) is 0 Å². The lowest BCUT2D eigenvalue weighted by Crippen LogP contribution is -2.31. The van der Waals surface area contributed by atoms with Gasteiger partial charge in [-0.3, -0.25) is 4.79 Å². The fourth-order valence-electron chi connectivity index (χ4n) is 3.61. The van der Waals surface area contributed by atoms with Crippen LogP contribution in [0.15, 0.2) is 42.9 Å². The first-order chi connectivity index (χ1) is 13.8. The molecule has 1 aliphatic heterocycles. The molecule has 3 aromatic rings. The van der Waals surface area contributed by atoms with Gasteiger partial charge in [0.1, 0.15) is 5.56 Å². The van der Waals surface area contributed by atoms with Crippen LogP contribution in [0.2, 0.25) is 0 Å². The zero-order valence-electron chi connectivity index (χ0n) is 15.6. The third kappa shape index (κ3) is 3.63. The summed E-state index contributed by atoms with van der Waals surface area (Å²) < 4.78 is 1.58. The van der Waals surface area contributed by atoms with Crippen molar-refractivity contribution in [3.63, 3.8) is 0 Å². The topological polar surface area (TPSA) is 94.8 Å². The second-order valence-electron chi connectivity index (χ2n) is 6.80. The number of carbonyl (C=O) groups is 1. The Morgan fingerprint density at radius 3 is 2.79 bits per heavy atom. The van der Waals surface area contributed by atoms with Crippen LogP contribution >= 0.6 is 0 Å². The summed E-state index contributed by atoms with van der Waals surface area (Å²) in [6.45, 7) is 2.39. The lowest BCUT2D eigenvalue weighted by molar-refractivity contribution is 0.102. The van der Waals surface area contributed by atoms with Crippen LogP contribution in [0.3, 0.4) is 0 Å². The first kappa shape index (κ1) is 18.2. The summed E-state index contributed by atoms with van der Waals surface area (Å²) >= 11 is 0. The monoisotopic (exact) mass is 380 g/mol. The van der Waals surface area contributed by atoms with Crippen LogP contribution in [0, 0.1) is 0 Å². The van der Waals surface area contributed by atoms with Crippen molar-refractivity contribution >= 4 is 28.6 Å². The lowest BCUT2D eigenvalue weighted by Gasteiger charge is -2.32. The summed E-state index contributed by atoms with van der Waals surface area (Å²) in [6, 6.07) is 7.56. The largest absolute Gasteiger partial charge is 0.395 e. The number of hydrogen-bond donors (Lipinski definition) is 3. The van der Waals surface area contributed by atoms with Gasteiger partial charge < -0.3 is 20.6 Å². The maximum Gasteiger partial charge on any atom is 0.261 e. The average Bonchev–Trinajstić information content (AvgIpc) is 3.17. The number of benzene rings is 1. The third-order valence-electron chi connectivity index (χ3n) is 4.91. The van der Waals surface area contributed by atoms with Gasteiger partial charge in [-0.25, -0.2) is 9.50 Å². The predicted octanol–water partition coefficient (Wildman–Crippen LogP) is 2.38. The number of aliphatic hydroxyl groups excluding tert-OH is 1. The number of fused-ring (bicyclic) bond motifs is 1. The Morgan fingerprint density at radius 2 is 1.96 bits per heavy atom. The Hall–Kier alpha value is -3.13. The van der Waals surface area contributed by atoms with Crippen LogP contribution in [0.5, 0.6) is 0 Å². The van der Waals surface area contributed by atoms with Gasteiger partial charge in [0.25, 0.3) is 5.91 Å². The van der Waals surface area contributed by atoms with Crippen LogP contribution < -0.4 is 15.5 Å². The van der Waals surface area contributed by atoms with E-state index in [0.29, 0.717) is 17.8 Å². The van der Waals surface area contributed by atoms with Crippen molar-refractivity contribution in [1.29, 1.82) is 0 Å². The predicted molar refractivity (Wildman–Crippen MR) is 109 cm³/mol. The zero-order valence-corrected chi connectivity index (χ0v) is 15.6. The third-order valence-corrected chi connectivity index (χ3v) is 4.91. The molecule has 1 amide bonds. The van der Waals surface area contributed by atoms with Gasteiger partial charge in [-0.15, -0.1) is 0 Å². The molecule has 1 fully saturated rings. The van der Waals surface area contributed by atoms with E-state index in [1.54, 1.807) is 23.0 Å². The number of carbonyl (C=O) groups excluding carboxylic acids is 1. The van der Waals surface area contributed by atoms with Crippen molar-refractivity contribution in [3.8, 4) is 0 Å². The number of rotatable bonds is 6. The average molecular weight is 380 g/mol. The highest BCUT2D eigenvalue weighted by Gasteiger charge is 2.21. The van der Waals surface area contributed by atoms with Gasteiger partial charge in [0.05, 0.1) is 29.9 Å². The minimum absolute atomic E-state index is 0.0457. The van der Waals surface area contributed by atoms with Crippen LogP contribution in [0.25, 0.3) is 5.65 Å². The smallest absolute Gasteiger partial charge is 0.261 e. The molecule has 0 radical (unpaired) electrons. The molecule has 8 heteroatoms. The molecule has 0 unspecified atom stereocenters. The fourth-order valence-corrected chi connectivity index (χ4v) is 3.61. The molecule has 8 nitrogen and oxygen atoms in total. The molecule has 1 saturated heterocycles. The van der Waals surface area contributed by atoms with Gasteiger partial charge in [-0.05, 0) is 37.5 Å². The van der Waals surface area contributed by atoms with Gasteiger partial charge in [-0.2, -0.15) is 5.10 Å². The van der Waals surface area contributed by atoms with Crippen LogP contribution in [0.4, 0.5) is 17.1 Å². The van der Waals surface area contributed by atoms with E-state index in [-0.39, 0.29) is 12.5 Å². The second-order valence-corrected chi connectivity index (χ2v) is 6.80. The lowest BCUT2D eigenvalue weighted by atomic mass is 10.1. The number of nitrogens with zero attached hydrogens (tertiary/aromatic N) is 4. The number of hydrogen-bond acceptors (Lipinski definition) is 6. The number of aromatic nitrogens is 3. The van der Waals surface area contributed by atoms with Crippen molar-refractivity contribution < 1.29 is 9.90 Å². The highest BCUT2D eigenvalue weighted by molar-refractivity contribution is 6.10. The molecule has 1 aliphatic rings. The number of aliphatic hydroxyl groups is 1. The molecule has 2 aromatic heterocycles. The fraction of sp³-hybridized carbons (Fsp3) is 0.350. The molecule has 0 aliphatic carbocycles. The Balaban J connectivity index is 1.67. The van der Waals surface area contributed by atoms with E-state index >= 15 is 0 Å². The molecule has 3 heterocycles. The summed E-state index contributed by atoms with van der Waals surface area (Å²) in [6.07, 6.45) is 8.41. The maximum absolute atomic E-state index is 13.0. The highest BCUT2D eigenvalue weighted by atomic mass is 16.3. The number of para-hydroxylation sites is 1. The van der Waals surface area contributed by atoms with Crippen molar-refractivity contribution in [2.75, 3.05) is 41.8 Å². The highest BCUT2D eigenvalue weighted by Crippen LogP contribution is 2.36. The molecule has 28 heavy (non-hydrogen) atoms. The summed E-state index contributed by atoms with van der Waals surface area (Å²) in [4.78, 5) is 19.5. The molecule has 0 bridgehead atoms. The summed E-state index contributed by atoms with van der Waals surface area (Å²) in [5, 5.41) is 19.7. The van der Waals surface area contributed by atoms with E-state index in [1.165, 1.54) is 12.6 Å². The normalized spacial score (nSPS) is 14.2. The van der Waals surface area contributed by atoms with Gasteiger partial charge in [0.15, 0.2) is 5.65 Å². The molecular weight excluding hydrogens is 356 g/mol. The van der Waals surface area contributed by atoms with Crippen molar-refractivity contribution in [2.45, 2.75) is 19.3 Å². The SMILES string of the molecule is O=C(Nc1cccc(NCCO)c1N1CCCCC1)c1cnn2cccnc12. The molecule has 0 atom stereocenters. The summed E-state index contributed by atoms with van der Waals surface area (Å²) in [7, 11) is 0. The van der Waals surface area contributed by atoms with Crippen molar-refractivity contribution in [1.82, 2.24) is 14.6 Å². The minimum atomic E-state index is -0.244. The van der Waals surface area contributed by atoms with Gasteiger partial charge in [-0.1, -0.05) is 6.07 Å². The van der Waals surface area contributed by atoms with Gasteiger partial charge >= 0.3 is 0 Å². The minimum Gasteiger partial charge on any atom is -0.395 e. The molecule has 0 saturated carbocycles. The van der Waals surface area contributed by atoms with Crippen molar-refractivity contribution in [2.24, 2.45) is 0 Å². The summed E-state index contributed by atoms with van der Waals surface area (Å²) in [5.41, 5.74) is 3.57. The van der Waals surface area contributed by atoms with E-state index in [4.69, 9.17) is 0 Å². The van der Waals surface area contributed by atoms with Gasteiger partial charge in [0, 0.05) is 32.0 Å². The molecule has 146 valence electrons. The molecule has 3 N–H and O–H groups in total. The summed E-state index contributed by atoms with van der Waals surface area (Å²) in [5.74, 6) is -0.244. The first-order valence-electron chi connectivity index (χ1n) is 9.60. The zero-order chi connectivity index (χ0) is 19.3. The standard InChI is InChI=1S/C20H24N6O2/c27-13-9-21-16-6-4-7-17(18(16)25-10-2-1-3-11-25)24-20(28)15-14-23-26-12-5-8-22-19(15)26/h4-8,12,14,21,27H,1-3,9-11,13H2,(H,24,28). The van der Waals surface area contributed by atoms with E-state index < -0.39 is 0 Å². The van der Waals surface area contributed by atoms with E-state index in [0.717, 1.165) is 43.0 Å². The molecular formula is C20H24N6O2. The molecule has 4 rings (SSSR count). The molecule has 1 aromatic carbocycles. The quantitative estimate of drug-likeness (QED) is 0.608. The van der Waals surface area contributed by atoms with E-state index in [9.17, 15) is 9.90 Å². The number of nitrogens with one attached hydrogen (secondary N) is 2. The molecule has 0 spiro atoms. The van der Waals surface area contributed by atoms with Crippen LogP contribution in [0.1, 0.15) is 29.6 Å². The second kappa shape index (κ2) is 8.26. The Bertz CT molecular complexity index is 964. The Morgan fingerprint density at radius 1 is 1.14 bits per heavy atom. The Labute approximate surface area is 163 Å². The Kier molecular flexibility index (Phi) is 5.38. The van der Waals surface area contributed by atoms with Crippen LogP contribution in [-0.2, 0) is 0 Å². The number of piperidine rings is 1. The van der Waals surface area contributed by atoms with Crippen molar-refractivity contribution in [3.05, 3.63) is 48.4 Å². The van der Waals surface area contributed by atoms with E-state index in [2.05, 4.69) is 25.6 Å². The van der Waals surface area contributed by atoms with Crippen LogP contribution in [-0.4, -0.2) is 51.9 Å². The first-order valence-corrected chi connectivity index (χ1v) is 9.60. The maximum atomic E-state index is 13.0.